The first kappa shape index (κ1) is 25.7. The Morgan fingerprint density at radius 3 is 2.35 bits per heavy atom. The van der Waals surface area contributed by atoms with Gasteiger partial charge in [-0.05, 0) is 73.2 Å². The summed E-state index contributed by atoms with van der Waals surface area (Å²) in [5.74, 6) is 0.254. The number of aromatic nitrogens is 3. The number of benzene rings is 2. The van der Waals surface area contributed by atoms with E-state index >= 15 is 0 Å². The number of hydrogen-bond donors (Lipinski definition) is 4. The molecule has 2 saturated carbocycles. The molecule has 0 spiro atoms. The number of carbonyl (C=O) groups excluding carboxylic acids is 2. The number of fused-ring (bicyclic) bond motifs is 1. The van der Waals surface area contributed by atoms with Crippen molar-refractivity contribution in [1.29, 1.82) is 0 Å². The molecule has 0 saturated heterocycles. The van der Waals surface area contributed by atoms with Gasteiger partial charge in [0, 0.05) is 24.5 Å². The van der Waals surface area contributed by atoms with Gasteiger partial charge in [0.25, 0.3) is 0 Å². The average Bonchev–Trinajstić information content (AvgIpc) is 3.83. The van der Waals surface area contributed by atoms with E-state index in [1.54, 1.807) is 29.9 Å². The third-order valence-electron chi connectivity index (χ3n) is 7.29. The molecule has 2 fully saturated rings. The van der Waals surface area contributed by atoms with Crippen LogP contribution in [0.4, 0.5) is 35.2 Å². The molecular weight excluding hydrogens is 523 g/mol. The van der Waals surface area contributed by atoms with Crippen LogP contribution in [-0.2, 0) is 23.4 Å². The zero-order chi connectivity index (χ0) is 28.2. The Hall–Kier alpha value is -4.61. The lowest BCUT2D eigenvalue weighted by Gasteiger charge is -2.17. The van der Waals surface area contributed by atoms with E-state index < -0.39 is 23.2 Å². The summed E-state index contributed by atoms with van der Waals surface area (Å²) in [4.78, 5) is 30.6. The van der Waals surface area contributed by atoms with Gasteiger partial charge in [0.1, 0.15) is 0 Å². The lowest BCUT2D eigenvalue weighted by Crippen LogP contribution is -2.36. The number of halogens is 3. The van der Waals surface area contributed by atoms with Crippen molar-refractivity contribution in [3.05, 3.63) is 65.9 Å². The van der Waals surface area contributed by atoms with Crippen LogP contribution in [0.25, 0.3) is 22.2 Å². The number of hydrogen-bond acceptors (Lipinski definition) is 5. The van der Waals surface area contributed by atoms with Gasteiger partial charge < -0.3 is 21.7 Å². The molecule has 9 nitrogen and oxygen atoms in total. The first-order valence-electron chi connectivity index (χ1n) is 12.8. The largest absolute Gasteiger partial charge is 0.416 e. The molecule has 206 valence electrons. The SMILES string of the molecule is Cn1nc(N)c2c(-c3cccc(NC(=O)Nc4cccc(C(F)(F)F)c4)c3)cc(C3(C(=O)NC4CC4)CC3)nc21. The second-order valence-electron chi connectivity index (χ2n) is 10.3. The van der Waals surface area contributed by atoms with Crippen LogP contribution in [0.1, 0.15) is 36.9 Å². The van der Waals surface area contributed by atoms with Crippen LogP contribution in [0.3, 0.4) is 0 Å². The van der Waals surface area contributed by atoms with Crippen molar-refractivity contribution in [3.8, 4) is 11.1 Å². The van der Waals surface area contributed by atoms with Gasteiger partial charge >= 0.3 is 12.2 Å². The number of urea groups is 1. The molecule has 0 atom stereocenters. The first-order valence-corrected chi connectivity index (χ1v) is 12.8. The Morgan fingerprint density at radius 1 is 1.02 bits per heavy atom. The molecule has 0 unspecified atom stereocenters. The van der Waals surface area contributed by atoms with Crippen LogP contribution in [-0.4, -0.2) is 32.7 Å². The minimum absolute atomic E-state index is 0.00584. The molecule has 2 aromatic heterocycles. The molecular formula is C28H26F3N7O2. The summed E-state index contributed by atoms with van der Waals surface area (Å²) in [6.45, 7) is 0. The Bertz CT molecular complexity index is 1660. The molecule has 3 amide bonds. The van der Waals surface area contributed by atoms with Crippen LogP contribution >= 0.6 is 0 Å². The van der Waals surface area contributed by atoms with Gasteiger partial charge in [0.05, 0.1) is 22.1 Å². The number of anilines is 3. The standard InChI is InChI=1S/C28H26F3N7O2/c1-38-24-22(23(32)37-38)20(14-21(36-24)27(10-11-27)25(39)33-17-8-9-17)15-4-2-6-18(12-15)34-26(40)35-19-7-3-5-16(13-19)28(29,30)31/h2-7,12-14,17H,8-11H2,1H3,(H2,32,37)(H,33,39)(H2,34,35,40). The van der Waals surface area contributed by atoms with E-state index in [9.17, 15) is 22.8 Å². The molecule has 2 heterocycles. The number of alkyl halides is 3. The molecule has 40 heavy (non-hydrogen) atoms. The normalized spacial score (nSPS) is 16.0. The predicted octanol–water partition coefficient (Wildman–Crippen LogP) is 5.19. The molecule has 2 aliphatic carbocycles. The molecule has 0 aliphatic heterocycles. The van der Waals surface area contributed by atoms with Gasteiger partial charge in [-0.1, -0.05) is 18.2 Å². The molecule has 2 aliphatic rings. The third-order valence-corrected chi connectivity index (χ3v) is 7.29. The lowest BCUT2D eigenvalue weighted by atomic mass is 9.94. The van der Waals surface area contributed by atoms with Crippen LogP contribution < -0.4 is 21.7 Å². The summed E-state index contributed by atoms with van der Waals surface area (Å²) in [7, 11) is 1.74. The first-order chi connectivity index (χ1) is 19.0. The number of nitrogen functional groups attached to an aromatic ring is 1. The van der Waals surface area contributed by atoms with Crippen molar-refractivity contribution in [2.45, 2.75) is 43.3 Å². The minimum atomic E-state index is -4.52. The highest BCUT2D eigenvalue weighted by atomic mass is 19.4. The van der Waals surface area contributed by atoms with Crippen LogP contribution in [0.5, 0.6) is 0 Å². The molecule has 4 aromatic rings. The number of pyridine rings is 1. The summed E-state index contributed by atoms with van der Waals surface area (Å²) in [5, 5.41) is 13.2. The number of nitrogens with two attached hydrogens (primary N) is 1. The smallest absolute Gasteiger partial charge is 0.382 e. The zero-order valence-electron chi connectivity index (χ0n) is 21.5. The van der Waals surface area contributed by atoms with E-state index in [4.69, 9.17) is 10.7 Å². The number of nitrogens with zero attached hydrogens (tertiary/aromatic N) is 3. The lowest BCUT2D eigenvalue weighted by molar-refractivity contribution is -0.137. The number of nitrogens with one attached hydrogen (secondary N) is 3. The van der Waals surface area contributed by atoms with Crippen molar-refractivity contribution < 1.29 is 22.8 Å². The van der Waals surface area contributed by atoms with E-state index in [0.717, 1.165) is 25.0 Å². The van der Waals surface area contributed by atoms with Crippen molar-refractivity contribution in [2.75, 3.05) is 16.4 Å². The number of rotatable bonds is 6. The van der Waals surface area contributed by atoms with Crippen molar-refractivity contribution >= 4 is 40.2 Å². The quantitative estimate of drug-likeness (QED) is 0.263. The monoisotopic (exact) mass is 549 g/mol. The van der Waals surface area contributed by atoms with E-state index in [0.29, 0.717) is 46.4 Å². The Labute approximate surface area is 227 Å². The Kier molecular flexibility index (Phi) is 5.93. The van der Waals surface area contributed by atoms with Gasteiger partial charge in [-0.3, -0.25) is 4.79 Å². The molecule has 12 heteroatoms. The second kappa shape index (κ2) is 9.25. The van der Waals surface area contributed by atoms with Gasteiger partial charge in [-0.15, -0.1) is 0 Å². The van der Waals surface area contributed by atoms with Crippen molar-refractivity contribution in [1.82, 2.24) is 20.1 Å². The summed E-state index contributed by atoms with van der Waals surface area (Å²) >= 11 is 0. The number of amides is 3. The number of carbonyl (C=O) groups is 2. The van der Waals surface area contributed by atoms with Gasteiger partial charge in [-0.25, -0.2) is 14.5 Å². The van der Waals surface area contributed by atoms with Crippen LogP contribution in [0.15, 0.2) is 54.6 Å². The summed E-state index contributed by atoms with van der Waals surface area (Å²) in [6.07, 6.45) is -1.18. The average molecular weight is 550 g/mol. The summed E-state index contributed by atoms with van der Waals surface area (Å²) in [5.41, 5.74) is 7.68. The highest BCUT2D eigenvalue weighted by Crippen LogP contribution is 2.50. The molecule has 0 bridgehead atoms. The van der Waals surface area contributed by atoms with Crippen molar-refractivity contribution in [3.63, 3.8) is 0 Å². The molecule has 0 radical (unpaired) electrons. The fraction of sp³-hybridized carbons (Fsp3) is 0.286. The van der Waals surface area contributed by atoms with Crippen LogP contribution in [0, 0.1) is 0 Å². The van der Waals surface area contributed by atoms with Crippen LogP contribution in [0.2, 0.25) is 0 Å². The van der Waals surface area contributed by atoms with E-state index in [-0.39, 0.29) is 23.5 Å². The summed E-state index contributed by atoms with van der Waals surface area (Å²) in [6, 6.07) is 12.7. The number of aryl methyl sites for hydroxylation is 1. The topological polar surface area (TPSA) is 127 Å². The maximum Gasteiger partial charge on any atom is 0.416 e. The fourth-order valence-electron chi connectivity index (χ4n) is 4.86. The van der Waals surface area contributed by atoms with Gasteiger partial charge in [0.15, 0.2) is 11.5 Å². The molecule has 6 rings (SSSR count). The maximum atomic E-state index is 13.1. The Morgan fingerprint density at radius 2 is 1.70 bits per heavy atom. The van der Waals surface area contributed by atoms with Gasteiger partial charge in [-0.2, -0.15) is 18.3 Å². The highest BCUT2D eigenvalue weighted by Gasteiger charge is 2.54. The molecule has 2 aromatic carbocycles. The highest BCUT2D eigenvalue weighted by molar-refractivity contribution is 6.03. The second-order valence-corrected chi connectivity index (χ2v) is 10.3. The Balaban J connectivity index is 1.31. The fourth-order valence-corrected chi connectivity index (χ4v) is 4.86. The molecule has 5 N–H and O–H groups in total. The summed E-state index contributed by atoms with van der Waals surface area (Å²) < 4.78 is 40.7. The zero-order valence-corrected chi connectivity index (χ0v) is 21.5. The maximum absolute atomic E-state index is 13.1. The minimum Gasteiger partial charge on any atom is -0.382 e. The predicted molar refractivity (Wildman–Crippen MR) is 145 cm³/mol. The van der Waals surface area contributed by atoms with Gasteiger partial charge in [0.2, 0.25) is 5.91 Å². The van der Waals surface area contributed by atoms with Crippen molar-refractivity contribution in [2.24, 2.45) is 7.05 Å². The van der Waals surface area contributed by atoms with E-state index in [1.807, 2.05) is 12.1 Å². The third kappa shape index (κ3) is 4.80. The van der Waals surface area contributed by atoms with E-state index in [2.05, 4.69) is 21.0 Å². The van der Waals surface area contributed by atoms with E-state index in [1.165, 1.54) is 12.1 Å².